The van der Waals surface area contributed by atoms with Gasteiger partial charge in [0.05, 0.1) is 11.1 Å². The van der Waals surface area contributed by atoms with Gasteiger partial charge in [0, 0.05) is 28.4 Å². The predicted molar refractivity (Wildman–Crippen MR) is 136 cm³/mol. The number of aliphatic hydroxyl groups is 2. The van der Waals surface area contributed by atoms with E-state index in [9.17, 15) is 29.7 Å². The largest absolute Gasteiger partial charge is 0.507 e. The first kappa shape index (κ1) is 25.9. The monoisotopic (exact) mass is 490 g/mol. The van der Waals surface area contributed by atoms with Crippen molar-refractivity contribution in [1.82, 2.24) is 0 Å². The van der Waals surface area contributed by atoms with Gasteiger partial charge in [0.25, 0.3) is 0 Å². The first-order valence-electron chi connectivity index (χ1n) is 12.5. The molecule has 3 aliphatic carbocycles. The Balaban J connectivity index is 2.07. The summed E-state index contributed by atoms with van der Waals surface area (Å²) in [5, 5.41) is 34.2. The summed E-state index contributed by atoms with van der Waals surface area (Å²) in [6.07, 6.45) is 1.14. The highest BCUT2D eigenvalue weighted by molar-refractivity contribution is 6.33. The van der Waals surface area contributed by atoms with Gasteiger partial charge >= 0.3 is 0 Å². The first-order valence-corrected chi connectivity index (χ1v) is 12.5. The minimum absolute atomic E-state index is 0.0783. The Labute approximate surface area is 212 Å². The minimum atomic E-state index is -2.52. The third kappa shape index (κ3) is 3.12. The van der Waals surface area contributed by atoms with Crippen LogP contribution < -0.4 is 0 Å². The number of allylic oxidation sites excluding steroid dienone is 1. The molecule has 0 aromatic heterocycles. The number of Topliss-reactive ketones (excluding diaryl/α,β-unsaturated/α-hetero) is 3. The van der Waals surface area contributed by atoms with Gasteiger partial charge in [-0.1, -0.05) is 52.0 Å². The van der Waals surface area contributed by atoms with Gasteiger partial charge in [-0.15, -0.1) is 0 Å². The average molecular weight is 491 g/mol. The lowest BCUT2D eigenvalue weighted by atomic mass is 9.42. The number of aliphatic hydroxyl groups excluding tert-OH is 1. The molecule has 0 heterocycles. The van der Waals surface area contributed by atoms with Crippen molar-refractivity contribution in [1.29, 1.82) is 0 Å². The van der Waals surface area contributed by atoms with E-state index >= 15 is 0 Å². The van der Waals surface area contributed by atoms with E-state index in [4.69, 9.17) is 0 Å². The van der Waals surface area contributed by atoms with E-state index in [0.29, 0.717) is 29.5 Å². The van der Waals surface area contributed by atoms with Gasteiger partial charge in [-0.05, 0) is 56.2 Å². The molecule has 0 saturated heterocycles. The van der Waals surface area contributed by atoms with Crippen molar-refractivity contribution < 1.29 is 29.7 Å². The third-order valence-corrected chi connectivity index (χ3v) is 8.60. The number of hydrogen-bond acceptors (Lipinski definition) is 6. The molecule has 1 aromatic carbocycles. The Morgan fingerprint density at radius 3 is 2.36 bits per heavy atom. The lowest BCUT2D eigenvalue weighted by molar-refractivity contribution is -0.180. The fourth-order valence-corrected chi connectivity index (χ4v) is 7.55. The highest BCUT2D eigenvalue weighted by atomic mass is 16.3. The zero-order valence-corrected chi connectivity index (χ0v) is 22.0. The number of rotatable bonds is 2. The van der Waals surface area contributed by atoms with Crippen molar-refractivity contribution in [3.8, 4) is 17.6 Å². The third-order valence-electron chi connectivity index (χ3n) is 8.60. The van der Waals surface area contributed by atoms with Gasteiger partial charge in [-0.2, -0.15) is 0 Å². The van der Waals surface area contributed by atoms with Crippen LogP contribution in [0.4, 0.5) is 0 Å². The van der Waals surface area contributed by atoms with Crippen LogP contribution in [-0.2, 0) is 20.8 Å². The number of carbonyl (C=O) groups excluding carboxylic acids is 3. The number of fused-ring (bicyclic) bond motifs is 3. The lowest BCUT2D eigenvalue weighted by Crippen LogP contribution is -2.70. The van der Waals surface area contributed by atoms with Crippen LogP contribution >= 0.6 is 0 Å². The summed E-state index contributed by atoms with van der Waals surface area (Å²) >= 11 is 0. The quantitative estimate of drug-likeness (QED) is 0.321. The second kappa shape index (κ2) is 8.18. The van der Waals surface area contributed by atoms with E-state index in [-0.39, 0.29) is 34.8 Å². The molecule has 0 amide bonds. The molecule has 1 fully saturated rings. The van der Waals surface area contributed by atoms with E-state index in [1.165, 1.54) is 13.0 Å². The van der Waals surface area contributed by atoms with Gasteiger partial charge in [-0.25, -0.2) is 0 Å². The van der Waals surface area contributed by atoms with E-state index < -0.39 is 45.5 Å². The highest BCUT2D eigenvalue weighted by Crippen LogP contribution is 2.65. The molecule has 36 heavy (non-hydrogen) atoms. The summed E-state index contributed by atoms with van der Waals surface area (Å²) in [4.78, 5) is 40.6. The number of phenols is 1. The van der Waals surface area contributed by atoms with E-state index in [0.717, 1.165) is 0 Å². The van der Waals surface area contributed by atoms with E-state index in [2.05, 4.69) is 11.8 Å². The number of hydrogen-bond donors (Lipinski definition) is 3. The average Bonchev–Trinajstić information content (AvgIpc) is 2.75. The maximum atomic E-state index is 14.2. The molecule has 0 bridgehead atoms. The van der Waals surface area contributed by atoms with Crippen molar-refractivity contribution in [2.45, 2.75) is 73.3 Å². The molecule has 3 aliphatic rings. The Morgan fingerprint density at radius 2 is 1.81 bits per heavy atom. The molecule has 4 atom stereocenters. The second-order valence-electron chi connectivity index (χ2n) is 11.4. The molecule has 0 unspecified atom stereocenters. The molecule has 0 radical (unpaired) electrons. The Bertz CT molecular complexity index is 1350. The van der Waals surface area contributed by atoms with Crippen molar-refractivity contribution in [2.24, 2.45) is 22.7 Å². The topological polar surface area (TPSA) is 112 Å². The van der Waals surface area contributed by atoms with Gasteiger partial charge in [-0.3, -0.25) is 14.4 Å². The molecule has 1 aromatic rings. The van der Waals surface area contributed by atoms with E-state index in [1.807, 2.05) is 27.7 Å². The molecular formula is C30H34O6. The zero-order valence-electron chi connectivity index (χ0n) is 22.0. The molecule has 190 valence electrons. The fourth-order valence-electron chi connectivity index (χ4n) is 7.55. The second-order valence-corrected chi connectivity index (χ2v) is 11.4. The van der Waals surface area contributed by atoms with Crippen LogP contribution in [-0.4, -0.2) is 38.3 Å². The van der Waals surface area contributed by atoms with Crippen LogP contribution in [0.15, 0.2) is 28.9 Å². The highest BCUT2D eigenvalue weighted by Gasteiger charge is 2.71. The van der Waals surface area contributed by atoms with Crippen molar-refractivity contribution in [2.75, 3.05) is 0 Å². The Morgan fingerprint density at radius 1 is 1.17 bits per heavy atom. The molecule has 3 N–H and O–H groups in total. The standard InChI is InChI=1S/C30H34O6/c1-8-9-10-18-11-12-20(32)22-19(18)13-28(6)14-29(7)23(15(2)3)16(4)21(17(5)31)26(34)30(29,36)27(35)24(28)25(22)33/h11-12,15,23,32-33,36H,8,13-14H2,1-7H3/t23-,28+,29+,30-/m1/s1. The van der Waals surface area contributed by atoms with Gasteiger partial charge in [0.2, 0.25) is 11.6 Å². The van der Waals surface area contributed by atoms with Crippen molar-refractivity contribution >= 4 is 23.1 Å². The summed E-state index contributed by atoms with van der Waals surface area (Å²) in [7, 11) is 0. The Kier molecular flexibility index (Phi) is 5.88. The summed E-state index contributed by atoms with van der Waals surface area (Å²) in [6.45, 7) is 12.4. The van der Waals surface area contributed by atoms with Gasteiger partial charge < -0.3 is 15.3 Å². The van der Waals surface area contributed by atoms with Gasteiger partial charge in [0.15, 0.2) is 11.4 Å². The zero-order chi connectivity index (χ0) is 27.0. The minimum Gasteiger partial charge on any atom is -0.507 e. The fraction of sp³-hybridized carbons (Fsp3) is 0.500. The number of carbonyl (C=O) groups is 3. The van der Waals surface area contributed by atoms with Crippen molar-refractivity contribution in [3.63, 3.8) is 0 Å². The number of ketones is 3. The summed E-state index contributed by atoms with van der Waals surface area (Å²) in [5.41, 5.74) is -2.90. The Hall–Kier alpha value is -3.17. The van der Waals surface area contributed by atoms with Crippen LogP contribution in [0, 0.1) is 34.5 Å². The normalized spacial score (nSPS) is 31.5. The van der Waals surface area contributed by atoms with Gasteiger partial charge in [0.1, 0.15) is 11.5 Å². The lowest BCUT2D eigenvalue weighted by Gasteiger charge is -2.60. The van der Waals surface area contributed by atoms with Crippen molar-refractivity contribution in [3.05, 3.63) is 45.5 Å². The van der Waals surface area contributed by atoms with Crippen LogP contribution in [0.25, 0.3) is 5.76 Å². The maximum absolute atomic E-state index is 14.2. The number of phenolic OH excluding ortho intramolecular Hbond substituents is 1. The molecular weight excluding hydrogens is 456 g/mol. The molecule has 0 spiro atoms. The van der Waals surface area contributed by atoms with E-state index in [1.54, 1.807) is 19.9 Å². The van der Waals surface area contributed by atoms with Crippen LogP contribution in [0.1, 0.15) is 78.0 Å². The SMILES string of the molecule is CCC#Cc1ccc(O)c2c1C[C@@]1(C)C[C@@]3(C)[C@H](C(C)C)C(C)=C(C(C)=O)C(=O)[C@@]3(O)C(=O)C1=C2O. The van der Waals surface area contributed by atoms with Crippen LogP contribution in [0.5, 0.6) is 5.75 Å². The summed E-state index contributed by atoms with van der Waals surface area (Å²) < 4.78 is 0. The van der Waals surface area contributed by atoms with Crippen LogP contribution in [0.2, 0.25) is 0 Å². The molecule has 1 saturated carbocycles. The number of aromatic hydroxyl groups is 1. The molecule has 0 aliphatic heterocycles. The summed E-state index contributed by atoms with van der Waals surface area (Å²) in [6, 6.07) is 3.12. The first-order chi connectivity index (χ1) is 16.7. The maximum Gasteiger partial charge on any atom is 0.206 e. The smallest absolute Gasteiger partial charge is 0.206 e. The predicted octanol–water partition coefficient (Wildman–Crippen LogP) is 4.46. The molecule has 4 rings (SSSR count). The molecule has 6 nitrogen and oxygen atoms in total. The molecule has 6 heteroatoms. The number of benzene rings is 1. The van der Waals surface area contributed by atoms with Crippen LogP contribution in [0.3, 0.4) is 0 Å². The summed E-state index contributed by atoms with van der Waals surface area (Å²) in [5.74, 6) is 2.68.